The Morgan fingerprint density at radius 3 is 2.90 bits per heavy atom. The number of hydrogen-bond donors (Lipinski definition) is 1. The van der Waals surface area contributed by atoms with Gasteiger partial charge in [-0.05, 0) is 48.7 Å². The van der Waals surface area contributed by atoms with Gasteiger partial charge in [0, 0.05) is 12.6 Å². The number of halogens is 1. The molecule has 1 atom stereocenters. The number of hydrogen-bond acceptors (Lipinski definition) is 2. The average Bonchev–Trinajstić information content (AvgIpc) is 2.86. The van der Waals surface area contributed by atoms with Crippen LogP contribution < -0.4 is 5.73 Å². The van der Waals surface area contributed by atoms with E-state index in [1.165, 1.54) is 6.07 Å². The lowest BCUT2D eigenvalue weighted by Gasteiger charge is -2.15. The fourth-order valence-corrected chi connectivity index (χ4v) is 2.62. The molecule has 4 heteroatoms. The minimum Gasteiger partial charge on any atom is -0.329 e. The molecule has 2 aromatic carbocycles. The van der Waals surface area contributed by atoms with Gasteiger partial charge in [-0.15, -0.1) is 0 Å². The van der Waals surface area contributed by atoms with Crippen molar-refractivity contribution in [1.29, 1.82) is 0 Å². The lowest BCUT2D eigenvalue weighted by Crippen LogP contribution is -2.28. The molecular formula is C17H18FN3. The fraction of sp³-hybridized carbons (Fsp3) is 0.235. The van der Waals surface area contributed by atoms with E-state index in [4.69, 9.17) is 5.73 Å². The molecule has 0 fully saturated rings. The third kappa shape index (κ3) is 2.95. The number of para-hydroxylation sites is 2. The van der Waals surface area contributed by atoms with Crippen LogP contribution in [0.5, 0.6) is 0 Å². The molecule has 3 nitrogen and oxygen atoms in total. The number of rotatable bonds is 4. The van der Waals surface area contributed by atoms with E-state index >= 15 is 0 Å². The van der Waals surface area contributed by atoms with Crippen LogP contribution in [0.3, 0.4) is 0 Å². The Morgan fingerprint density at radius 1 is 1.24 bits per heavy atom. The zero-order valence-corrected chi connectivity index (χ0v) is 12.0. The van der Waals surface area contributed by atoms with Gasteiger partial charge in [0.05, 0.1) is 17.4 Å². The van der Waals surface area contributed by atoms with Crippen molar-refractivity contribution in [3.05, 3.63) is 65.7 Å². The Morgan fingerprint density at radius 2 is 2.05 bits per heavy atom. The average molecular weight is 283 g/mol. The number of benzene rings is 2. The summed E-state index contributed by atoms with van der Waals surface area (Å²) in [5.41, 5.74) is 10.3. The monoisotopic (exact) mass is 283 g/mol. The highest BCUT2D eigenvalue weighted by Crippen LogP contribution is 2.15. The van der Waals surface area contributed by atoms with E-state index in [0.29, 0.717) is 13.0 Å². The Kier molecular flexibility index (Phi) is 3.71. The van der Waals surface area contributed by atoms with Crippen LogP contribution in [0.1, 0.15) is 11.1 Å². The van der Waals surface area contributed by atoms with Crippen molar-refractivity contribution in [3.63, 3.8) is 0 Å². The first-order chi connectivity index (χ1) is 10.1. The van der Waals surface area contributed by atoms with Gasteiger partial charge in [0.1, 0.15) is 5.82 Å². The molecule has 1 heterocycles. The highest BCUT2D eigenvalue weighted by atomic mass is 19.1. The van der Waals surface area contributed by atoms with Gasteiger partial charge in [-0.2, -0.15) is 0 Å². The Labute approximate surface area is 123 Å². The van der Waals surface area contributed by atoms with Gasteiger partial charge in [-0.25, -0.2) is 9.37 Å². The molecule has 0 radical (unpaired) electrons. The topological polar surface area (TPSA) is 43.8 Å². The minimum atomic E-state index is -0.212. The summed E-state index contributed by atoms with van der Waals surface area (Å²) >= 11 is 0. The van der Waals surface area contributed by atoms with E-state index in [0.717, 1.165) is 22.2 Å². The molecule has 2 N–H and O–H groups in total. The van der Waals surface area contributed by atoms with Crippen LogP contribution in [0.4, 0.5) is 4.39 Å². The Bertz CT molecular complexity index is 764. The third-order valence-electron chi connectivity index (χ3n) is 3.75. The largest absolute Gasteiger partial charge is 0.329 e. The Hall–Kier alpha value is -2.20. The van der Waals surface area contributed by atoms with Crippen LogP contribution in [0.2, 0.25) is 0 Å². The lowest BCUT2D eigenvalue weighted by atomic mass is 10.0. The van der Waals surface area contributed by atoms with Gasteiger partial charge in [0.15, 0.2) is 0 Å². The highest BCUT2D eigenvalue weighted by molar-refractivity contribution is 5.74. The predicted molar refractivity (Wildman–Crippen MR) is 82.5 cm³/mol. The number of fused-ring (bicyclic) bond motifs is 1. The molecule has 1 unspecified atom stereocenters. The zero-order chi connectivity index (χ0) is 14.8. The first-order valence-corrected chi connectivity index (χ1v) is 7.04. The molecule has 1 aromatic heterocycles. The number of imidazole rings is 1. The van der Waals surface area contributed by atoms with E-state index in [9.17, 15) is 4.39 Å². The standard InChI is InChI=1S/C17H18FN3/c1-12-6-7-14(18)8-13(12)9-15(19)10-21-11-20-16-4-2-3-5-17(16)21/h2-8,11,15H,9-10,19H2,1H3. The lowest BCUT2D eigenvalue weighted by molar-refractivity contribution is 0.555. The van der Waals surface area contributed by atoms with Crippen molar-refractivity contribution < 1.29 is 4.39 Å². The minimum absolute atomic E-state index is 0.0805. The maximum atomic E-state index is 13.3. The van der Waals surface area contributed by atoms with E-state index in [-0.39, 0.29) is 11.9 Å². The van der Waals surface area contributed by atoms with E-state index in [2.05, 4.69) is 9.55 Å². The van der Waals surface area contributed by atoms with Gasteiger partial charge in [0.2, 0.25) is 0 Å². The number of nitrogens with two attached hydrogens (primary N) is 1. The normalized spacial score (nSPS) is 12.7. The fourth-order valence-electron chi connectivity index (χ4n) is 2.62. The summed E-state index contributed by atoms with van der Waals surface area (Å²) in [5.74, 6) is -0.212. The molecule has 3 aromatic rings. The van der Waals surface area contributed by atoms with Crippen molar-refractivity contribution >= 4 is 11.0 Å². The second-order valence-corrected chi connectivity index (χ2v) is 5.42. The van der Waals surface area contributed by atoms with Gasteiger partial charge in [-0.1, -0.05) is 18.2 Å². The van der Waals surface area contributed by atoms with Crippen molar-refractivity contribution in [2.24, 2.45) is 5.73 Å². The molecule has 0 spiro atoms. The second-order valence-electron chi connectivity index (χ2n) is 5.42. The van der Waals surface area contributed by atoms with Gasteiger partial charge >= 0.3 is 0 Å². The molecular weight excluding hydrogens is 265 g/mol. The summed E-state index contributed by atoms with van der Waals surface area (Å²) in [4.78, 5) is 4.36. The molecule has 3 rings (SSSR count). The molecule has 0 aliphatic rings. The highest BCUT2D eigenvalue weighted by Gasteiger charge is 2.10. The third-order valence-corrected chi connectivity index (χ3v) is 3.75. The smallest absolute Gasteiger partial charge is 0.123 e. The maximum Gasteiger partial charge on any atom is 0.123 e. The number of nitrogens with zero attached hydrogens (tertiary/aromatic N) is 2. The van der Waals surface area contributed by atoms with E-state index in [1.807, 2.05) is 37.5 Å². The van der Waals surface area contributed by atoms with Crippen LogP contribution in [-0.2, 0) is 13.0 Å². The number of aromatic nitrogens is 2. The molecule has 108 valence electrons. The van der Waals surface area contributed by atoms with Gasteiger partial charge in [-0.3, -0.25) is 0 Å². The van der Waals surface area contributed by atoms with Crippen LogP contribution >= 0.6 is 0 Å². The summed E-state index contributed by atoms with van der Waals surface area (Å²) in [6.07, 6.45) is 2.46. The van der Waals surface area contributed by atoms with Crippen LogP contribution in [0.15, 0.2) is 48.8 Å². The van der Waals surface area contributed by atoms with Gasteiger partial charge in [0.25, 0.3) is 0 Å². The first-order valence-electron chi connectivity index (χ1n) is 7.04. The molecule has 0 aliphatic carbocycles. The van der Waals surface area contributed by atoms with E-state index in [1.54, 1.807) is 12.1 Å². The molecule has 0 saturated carbocycles. The number of aryl methyl sites for hydroxylation is 1. The quantitative estimate of drug-likeness (QED) is 0.799. The Balaban J connectivity index is 1.77. The summed E-state index contributed by atoms with van der Waals surface area (Å²) < 4.78 is 15.4. The van der Waals surface area contributed by atoms with Crippen LogP contribution in [0.25, 0.3) is 11.0 Å². The van der Waals surface area contributed by atoms with E-state index < -0.39 is 0 Å². The molecule has 0 bridgehead atoms. The molecule has 0 amide bonds. The van der Waals surface area contributed by atoms with Crippen LogP contribution in [0, 0.1) is 12.7 Å². The maximum absolute atomic E-state index is 13.3. The molecule has 0 aliphatic heterocycles. The van der Waals surface area contributed by atoms with Crippen molar-refractivity contribution in [3.8, 4) is 0 Å². The van der Waals surface area contributed by atoms with Gasteiger partial charge < -0.3 is 10.3 Å². The summed E-state index contributed by atoms with van der Waals surface area (Å²) in [6, 6.07) is 12.7. The summed E-state index contributed by atoms with van der Waals surface area (Å²) in [7, 11) is 0. The summed E-state index contributed by atoms with van der Waals surface area (Å²) in [5, 5.41) is 0. The van der Waals surface area contributed by atoms with Crippen molar-refractivity contribution in [2.45, 2.75) is 25.9 Å². The molecule has 21 heavy (non-hydrogen) atoms. The first kappa shape index (κ1) is 13.8. The predicted octanol–water partition coefficient (Wildman–Crippen LogP) is 3.05. The second kappa shape index (κ2) is 5.66. The van der Waals surface area contributed by atoms with Crippen molar-refractivity contribution in [2.75, 3.05) is 0 Å². The zero-order valence-electron chi connectivity index (χ0n) is 12.0. The molecule has 0 saturated heterocycles. The van der Waals surface area contributed by atoms with Crippen LogP contribution in [-0.4, -0.2) is 15.6 Å². The summed E-state index contributed by atoms with van der Waals surface area (Å²) in [6.45, 7) is 2.64. The van der Waals surface area contributed by atoms with Crippen molar-refractivity contribution in [1.82, 2.24) is 9.55 Å². The SMILES string of the molecule is Cc1ccc(F)cc1CC(N)Cn1cnc2ccccc21.